The minimum atomic E-state index is -0.677. The molecule has 1 fully saturated rings. The second kappa shape index (κ2) is 1.96. The second-order valence-electron chi connectivity index (χ2n) is 1.21. The zero-order valence-corrected chi connectivity index (χ0v) is 5.09. The molecule has 0 saturated carbocycles. The molecule has 1 aliphatic heterocycles. The molecular weight excluding hydrogens is 132 g/mol. The highest BCUT2D eigenvalue weighted by atomic mass is 33.1. The summed E-state index contributed by atoms with van der Waals surface area (Å²) in [7, 11) is 3.04. The Morgan fingerprint density at radius 2 is 2.43 bits per heavy atom. The second-order valence-corrected chi connectivity index (χ2v) is 3.82. The van der Waals surface area contributed by atoms with Crippen LogP contribution >= 0.6 is 21.6 Å². The zero-order chi connectivity index (χ0) is 5.28. The number of aliphatic carboxylic acids is 1. The van der Waals surface area contributed by atoms with Crippen LogP contribution in [0.5, 0.6) is 0 Å². The van der Waals surface area contributed by atoms with Crippen LogP contribution in [0.1, 0.15) is 0 Å². The van der Waals surface area contributed by atoms with Crippen LogP contribution in [0.25, 0.3) is 0 Å². The molecule has 40 valence electrons. The van der Waals surface area contributed by atoms with Crippen molar-refractivity contribution in [3.05, 3.63) is 0 Å². The quantitative estimate of drug-likeness (QED) is 0.542. The molecule has 1 unspecified atom stereocenters. The lowest BCUT2D eigenvalue weighted by atomic mass is 10.5. The van der Waals surface area contributed by atoms with Gasteiger partial charge in [-0.05, 0) is 0 Å². The van der Waals surface area contributed by atoms with Crippen molar-refractivity contribution >= 4 is 27.6 Å². The third kappa shape index (κ3) is 1.04. The standard InChI is InChI=1S/C3H4O2S2/c4-3(5)2-1-6-7-2/h2H,1H2,(H,4,5). The summed E-state index contributed by atoms with van der Waals surface area (Å²) < 4.78 is 0. The van der Waals surface area contributed by atoms with Crippen LogP contribution in [0.2, 0.25) is 0 Å². The summed E-state index contributed by atoms with van der Waals surface area (Å²) in [6, 6.07) is 0. The van der Waals surface area contributed by atoms with E-state index in [9.17, 15) is 4.79 Å². The maximum Gasteiger partial charge on any atom is 0.318 e. The van der Waals surface area contributed by atoms with Gasteiger partial charge in [0.15, 0.2) is 0 Å². The van der Waals surface area contributed by atoms with E-state index < -0.39 is 5.97 Å². The van der Waals surface area contributed by atoms with Gasteiger partial charge in [0, 0.05) is 5.75 Å². The Labute approximate surface area is 49.1 Å². The van der Waals surface area contributed by atoms with Gasteiger partial charge in [-0.2, -0.15) is 0 Å². The van der Waals surface area contributed by atoms with Crippen LogP contribution in [0, 0.1) is 0 Å². The van der Waals surface area contributed by atoms with E-state index in [4.69, 9.17) is 5.11 Å². The third-order valence-electron chi connectivity index (χ3n) is 0.679. The summed E-state index contributed by atoms with van der Waals surface area (Å²) in [5, 5.41) is 8.08. The third-order valence-corrected chi connectivity index (χ3v) is 3.61. The molecule has 1 rings (SSSR count). The Morgan fingerprint density at radius 1 is 1.86 bits per heavy atom. The van der Waals surface area contributed by atoms with E-state index in [-0.39, 0.29) is 5.25 Å². The van der Waals surface area contributed by atoms with Crippen molar-refractivity contribution in [3.63, 3.8) is 0 Å². The zero-order valence-electron chi connectivity index (χ0n) is 3.46. The van der Waals surface area contributed by atoms with Crippen LogP contribution in [0.3, 0.4) is 0 Å². The minimum absolute atomic E-state index is 0.120. The van der Waals surface area contributed by atoms with Crippen molar-refractivity contribution in [3.8, 4) is 0 Å². The average molecular weight is 136 g/mol. The predicted octanol–water partition coefficient (Wildman–Crippen LogP) is 0.835. The lowest BCUT2D eigenvalue weighted by molar-refractivity contribution is -0.135. The van der Waals surface area contributed by atoms with Crippen LogP contribution in [-0.2, 0) is 4.79 Å². The fourth-order valence-electron chi connectivity index (χ4n) is 0.249. The largest absolute Gasteiger partial charge is 0.480 e. The van der Waals surface area contributed by atoms with Gasteiger partial charge in [-0.25, -0.2) is 0 Å². The van der Waals surface area contributed by atoms with Crippen molar-refractivity contribution in [2.45, 2.75) is 5.25 Å². The first-order chi connectivity index (χ1) is 3.30. The SMILES string of the molecule is O=C(O)C1CSS1. The van der Waals surface area contributed by atoms with Gasteiger partial charge in [0.1, 0.15) is 5.25 Å². The number of carbonyl (C=O) groups is 1. The fourth-order valence-corrected chi connectivity index (χ4v) is 1.81. The molecule has 0 aromatic heterocycles. The smallest absolute Gasteiger partial charge is 0.318 e. The molecule has 4 heteroatoms. The van der Waals surface area contributed by atoms with E-state index in [1.54, 1.807) is 10.8 Å². The van der Waals surface area contributed by atoms with E-state index in [2.05, 4.69) is 0 Å². The normalized spacial score (nSPS) is 28.9. The van der Waals surface area contributed by atoms with Crippen molar-refractivity contribution in [2.24, 2.45) is 0 Å². The molecule has 1 aliphatic rings. The lowest BCUT2D eigenvalue weighted by Crippen LogP contribution is -2.23. The van der Waals surface area contributed by atoms with E-state index in [1.807, 2.05) is 0 Å². The number of hydrogen-bond acceptors (Lipinski definition) is 3. The molecular formula is C3H4O2S2. The summed E-state index contributed by atoms with van der Waals surface area (Å²) in [6.07, 6.45) is 0. The monoisotopic (exact) mass is 136 g/mol. The number of carboxylic acid groups (broad SMARTS) is 1. The van der Waals surface area contributed by atoms with Gasteiger partial charge in [0.25, 0.3) is 0 Å². The maximum atomic E-state index is 9.95. The lowest BCUT2D eigenvalue weighted by Gasteiger charge is -2.17. The molecule has 0 spiro atoms. The van der Waals surface area contributed by atoms with Gasteiger partial charge in [-0.1, -0.05) is 21.6 Å². The molecule has 0 amide bonds. The van der Waals surface area contributed by atoms with Gasteiger partial charge >= 0.3 is 5.97 Å². The van der Waals surface area contributed by atoms with Crippen LogP contribution in [0.4, 0.5) is 0 Å². The number of carboxylic acids is 1. The summed E-state index contributed by atoms with van der Waals surface area (Å²) in [5.74, 6) is 0.101. The molecule has 1 atom stereocenters. The van der Waals surface area contributed by atoms with Crippen molar-refractivity contribution in [2.75, 3.05) is 5.75 Å². The van der Waals surface area contributed by atoms with E-state index in [0.29, 0.717) is 0 Å². The first-order valence-electron chi connectivity index (χ1n) is 1.82. The van der Waals surface area contributed by atoms with Crippen molar-refractivity contribution in [1.82, 2.24) is 0 Å². The summed E-state index contributed by atoms with van der Waals surface area (Å²) >= 11 is 0. The Bertz CT molecular complexity index is 88.9. The Morgan fingerprint density at radius 3 is 2.43 bits per heavy atom. The maximum absolute atomic E-state index is 9.95. The number of rotatable bonds is 1. The summed E-state index contributed by atoms with van der Waals surface area (Å²) in [6.45, 7) is 0. The van der Waals surface area contributed by atoms with E-state index in [0.717, 1.165) is 5.75 Å². The molecule has 1 heterocycles. The van der Waals surface area contributed by atoms with Crippen molar-refractivity contribution in [1.29, 1.82) is 0 Å². The first-order valence-corrected chi connectivity index (χ1v) is 4.20. The number of hydrogen-bond donors (Lipinski definition) is 1. The molecule has 1 saturated heterocycles. The fraction of sp³-hybridized carbons (Fsp3) is 0.667. The van der Waals surface area contributed by atoms with Gasteiger partial charge in [0.2, 0.25) is 0 Å². The van der Waals surface area contributed by atoms with Crippen LogP contribution < -0.4 is 0 Å². The molecule has 2 nitrogen and oxygen atoms in total. The van der Waals surface area contributed by atoms with E-state index >= 15 is 0 Å². The Balaban J connectivity index is 2.27. The summed E-state index contributed by atoms with van der Waals surface area (Å²) in [4.78, 5) is 9.95. The van der Waals surface area contributed by atoms with Gasteiger partial charge < -0.3 is 5.11 Å². The topological polar surface area (TPSA) is 37.3 Å². The average Bonchev–Trinajstić information content (AvgIpc) is 1.23. The van der Waals surface area contributed by atoms with Gasteiger partial charge in [-0.3, -0.25) is 4.79 Å². The molecule has 0 bridgehead atoms. The van der Waals surface area contributed by atoms with Crippen LogP contribution in [-0.4, -0.2) is 22.1 Å². The van der Waals surface area contributed by atoms with Crippen molar-refractivity contribution < 1.29 is 9.90 Å². The van der Waals surface area contributed by atoms with Gasteiger partial charge in [0.05, 0.1) is 0 Å². The Kier molecular flexibility index (Phi) is 1.49. The highest BCUT2D eigenvalue weighted by Crippen LogP contribution is 2.40. The molecule has 7 heavy (non-hydrogen) atoms. The predicted molar refractivity (Wildman–Crippen MR) is 31.5 cm³/mol. The molecule has 0 aliphatic carbocycles. The Hall–Kier alpha value is 0.170. The van der Waals surface area contributed by atoms with Gasteiger partial charge in [-0.15, -0.1) is 0 Å². The highest BCUT2D eigenvalue weighted by molar-refractivity contribution is 8.80. The van der Waals surface area contributed by atoms with Crippen LogP contribution in [0.15, 0.2) is 0 Å². The summed E-state index contributed by atoms with van der Waals surface area (Å²) in [5.41, 5.74) is 0. The first kappa shape index (κ1) is 5.31. The molecule has 0 radical (unpaired) electrons. The molecule has 1 N–H and O–H groups in total. The minimum Gasteiger partial charge on any atom is -0.480 e. The highest BCUT2D eigenvalue weighted by Gasteiger charge is 2.26. The molecule has 0 aromatic rings. The molecule has 0 aromatic carbocycles. The van der Waals surface area contributed by atoms with E-state index in [1.165, 1.54) is 10.8 Å².